The summed E-state index contributed by atoms with van der Waals surface area (Å²) in [6.07, 6.45) is 4.67. The number of aliphatic hydroxyl groups is 1. The molecule has 6 rings (SSSR count). The number of carbonyl (C=O) groups is 1. The fourth-order valence-corrected chi connectivity index (χ4v) is 6.96. The van der Waals surface area contributed by atoms with Crippen LogP contribution in [0.5, 0.6) is 0 Å². The fraction of sp³-hybridized carbons (Fsp3) is 0.500. The van der Waals surface area contributed by atoms with Crippen LogP contribution in [0.15, 0.2) is 60.7 Å². The van der Waals surface area contributed by atoms with E-state index >= 15 is 0 Å². The van der Waals surface area contributed by atoms with Crippen LogP contribution in [0.25, 0.3) is 0 Å². The highest BCUT2D eigenvalue weighted by Gasteiger charge is 2.60. The van der Waals surface area contributed by atoms with Gasteiger partial charge in [0.25, 0.3) is 0 Å². The number of carbonyl (C=O) groups excluding carboxylic acids is 1. The van der Waals surface area contributed by atoms with Crippen molar-refractivity contribution in [3.05, 3.63) is 71.8 Å². The summed E-state index contributed by atoms with van der Waals surface area (Å²) in [6.45, 7) is 2.07. The van der Waals surface area contributed by atoms with Crippen LogP contribution in [0.1, 0.15) is 56.2 Å². The van der Waals surface area contributed by atoms with Crippen molar-refractivity contribution >= 4 is 5.91 Å². The Labute approximate surface area is 173 Å². The maximum Gasteiger partial charge on any atom is 0.221 e. The van der Waals surface area contributed by atoms with Crippen molar-refractivity contribution in [3.8, 4) is 0 Å². The zero-order valence-electron chi connectivity index (χ0n) is 17.1. The Bertz CT molecular complexity index is 833. The summed E-state index contributed by atoms with van der Waals surface area (Å²) in [5.74, 6) is 2.00. The largest absolute Gasteiger partial charge is 0.393 e. The molecular weight excluding hydrogens is 358 g/mol. The monoisotopic (exact) mass is 389 g/mol. The fourth-order valence-electron chi connectivity index (χ4n) is 6.96. The third kappa shape index (κ3) is 3.11. The summed E-state index contributed by atoms with van der Waals surface area (Å²) in [5.41, 5.74) is 2.38. The highest BCUT2D eigenvalue weighted by molar-refractivity contribution is 5.78. The zero-order chi connectivity index (χ0) is 20.0. The molecule has 4 aliphatic carbocycles. The van der Waals surface area contributed by atoms with E-state index in [0.717, 1.165) is 31.2 Å². The van der Waals surface area contributed by atoms with Gasteiger partial charge in [0.15, 0.2) is 0 Å². The van der Waals surface area contributed by atoms with E-state index in [-0.39, 0.29) is 23.5 Å². The Kier molecular flexibility index (Phi) is 4.74. The number of hydrogen-bond donors (Lipinski definition) is 2. The van der Waals surface area contributed by atoms with Gasteiger partial charge >= 0.3 is 0 Å². The Morgan fingerprint density at radius 1 is 0.966 bits per heavy atom. The summed E-state index contributed by atoms with van der Waals surface area (Å²) in [6, 6.07) is 20.9. The first-order valence-electron chi connectivity index (χ1n) is 11.2. The molecule has 0 aliphatic heterocycles. The van der Waals surface area contributed by atoms with Gasteiger partial charge in [0.1, 0.15) is 0 Å². The van der Waals surface area contributed by atoms with Crippen molar-refractivity contribution in [2.24, 2.45) is 23.7 Å². The molecule has 29 heavy (non-hydrogen) atoms. The molecule has 2 aromatic carbocycles. The van der Waals surface area contributed by atoms with Gasteiger partial charge in [0, 0.05) is 11.8 Å². The van der Waals surface area contributed by atoms with Crippen LogP contribution in [0.2, 0.25) is 0 Å². The summed E-state index contributed by atoms with van der Waals surface area (Å²) < 4.78 is 0. The first-order valence-corrected chi connectivity index (χ1v) is 11.2. The van der Waals surface area contributed by atoms with Crippen LogP contribution in [-0.4, -0.2) is 17.1 Å². The standard InChI is InChI=1S/C26H31NO2/c1-17(18-8-4-2-5-9-18)27-24(28)16-26(21-10-6-3-7-11-21)22-12-19-13-23(26)15-20(14-22)25(19)29/h2-11,17,19-20,22-23,25,29H,12-16H2,1H3,(H,27,28). The van der Waals surface area contributed by atoms with Gasteiger partial charge in [-0.25, -0.2) is 0 Å². The smallest absolute Gasteiger partial charge is 0.221 e. The molecule has 0 spiro atoms. The summed E-state index contributed by atoms with van der Waals surface area (Å²) >= 11 is 0. The topological polar surface area (TPSA) is 49.3 Å². The average molecular weight is 390 g/mol. The van der Waals surface area contributed by atoms with Gasteiger partial charge in [0.05, 0.1) is 12.1 Å². The Morgan fingerprint density at radius 3 is 2.03 bits per heavy atom. The first kappa shape index (κ1) is 18.9. The lowest BCUT2D eigenvalue weighted by atomic mass is 9.42. The molecule has 4 bridgehead atoms. The minimum absolute atomic E-state index is 0.00943. The Hall–Kier alpha value is -2.13. The van der Waals surface area contributed by atoms with Crippen molar-refractivity contribution in [2.75, 3.05) is 0 Å². The van der Waals surface area contributed by atoms with Crippen LogP contribution in [-0.2, 0) is 10.2 Å². The van der Waals surface area contributed by atoms with E-state index in [1.807, 2.05) is 18.2 Å². The Balaban J connectivity index is 1.43. The van der Waals surface area contributed by atoms with E-state index in [9.17, 15) is 9.90 Å². The van der Waals surface area contributed by atoms with E-state index in [4.69, 9.17) is 0 Å². The van der Waals surface area contributed by atoms with Gasteiger partial charge in [-0.2, -0.15) is 0 Å². The predicted molar refractivity (Wildman–Crippen MR) is 114 cm³/mol. The second-order valence-corrected chi connectivity index (χ2v) is 9.63. The summed E-state index contributed by atoms with van der Waals surface area (Å²) in [5, 5.41) is 13.9. The second-order valence-electron chi connectivity index (χ2n) is 9.63. The van der Waals surface area contributed by atoms with Gasteiger partial charge in [0.2, 0.25) is 5.91 Å². The molecule has 1 atom stereocenters. The maximum absolute atomic E-state index is 13.3. The molecule has 4 aliphatic rings. The maximum atomic E-state index is 13.3. The lowest BCUT2D eigenvalue weighted by Crippen LogP contribution is -2.61. The van der Waals surface area contributed by atoms with Crippen LogP contribution in [0.4, 0.5) is 0 Å². The van der Waals surface area contributed by atoms with E-state index in [0.29, 0.717) is 30.1 Å². The lowest BCUT2D eigenvalue weighted by molar-refractivity contribution is -0.147. The molecular formula is C26H31NO2. The van der Waals surface area contributed by atoms with E-state index in [2.05, 4.69) is 54.7 Å². The molecule has 4 fully saturated rings. The van der Waals surface area contributed by atoms with Gasteiger partial charge in [-0.05, 0) is 67.4 Å². The quantitative estimate of drug-likeness (QED) is 0.784. The molecule has 0 saturated heterocycles. The lowest BCUT2D eigenvalue weighted by Gasteiger charge is -2.63. The molecule has 0 heterocycles. The van der Waals surface area contributed by atoms with Gasteiger partial charge in [-0.3, -0.25) is 4.79 Å². The molecule has 3 heteroatoms. The molecule has 2 N–H and O–H groups in total. The zero-order valence-corrected chi connectivity index (χ0v) is 17.1. The summed E-state index contributed by atoms with van der Waals surface area (Å²) in [4.78, 5) is 13.3. The first-order chi connectivity index (χ1) is 14.1. The van der Waals surface area contributed by atoms with Crippen molar-refractivity contribution in [1.29, 1.82) is 0 Å². The van der Waals surface area contributed by atoms with E-state index < -0.39 is 0 Å². The second kappa shape index (κ2) is 7.28. The van der Waals surface area contributed by atoms with Crippen molar-refractivity contribution in [1.82, 2.24) is 5.32 Å². The number of amides is 1. The molecule has 2 aromatic rings. The average Bonchev–Trinajstić information content (AvgIpc) is 2.73. The highest BCUT2D eigenvalue weighted by atomic mass is 16.3. The molecule has 0 aromatic heterocycles. The molecule has 152 valence electrons. The van der Waals surface area contributed by atoms with Crippen LogP contribution < -0.4 is 5.32 Å². The van der Waals surface area contributed by atoms with Crippen LogP contribution in [0.3, 0.4) is 0 Å². The normalized spacial score (nSPS) is 36.0. The SMILES string of the molecule is CC(NC(=O)CC1(c2ccccc2)C2CC3CC1CC(C2)C3O)c1ccccc1. The number of benzene rings is 2. The predicted octanol–water partition coefficient (Wildman–Crippen LogP) is 4.62. The van der Waals surface area contributed by atoms with Gasteiger partial charge < -0.3 is 10.4 Å². The highest BCUT2D eigenvalue weighted by Crippen LogP contribution is 2.64. The molecule has 3 nitrogen and oxygen atoms in total. The molecule has 1 amide bonds. The third-order valence-electron chi connectivity index (χ3n) is 8.21. The summed E-state index contributed by atoms with van der Waals surface area (Å²) in [7, 11) is 0. The van der Waals surface area contributed by atoms with Gasteiger partial charge in [-0.1, -0.05) is 60.7 Å². The van der Waals surface area contributed by atoms with E-state index in [1.165, 1.54) is 5.56 Å². The van der Waals surface area contributed by atoms with Crippen molar-refractivity contribution in [2.45, 2.75) is 56.6 Å². The number of hydrogen-bond acceptors (Lipinski definition) is 2. The third-order valence-corrected chi connectivity index (χ3v) is 8.21. The minimum atomic E-state index is -0.122. The van der Waals surface area contributed by atoms with Crippen molar-refractivity contribution < 1.29 is 9.90 Å². The minimum Gasteiger partial charge on any atom is -0.393 e. The molecule has 4 saturated carbocycles. The molecule has 0 radical (unpaired) electrons. The van der Waals surface area contributed by atoms with Crippen LogP contribution in [0, 0.1) is 23.7 Å². The number of aliphatic hydroxyl groups excluding tert-OH is 1. The molecule has 1 unspecified atom stereocenters. The van der Waals surface area contributed by atoms with E-state index in [1.54, 1.807) is 0 Å². The number of nitrogens with one attached hydrogen (secondary N) is 1. The van der Waals surface area contributed by atoms with Crippen LogP contribution >= 0.6 is 0 Å². The Morgan fingerprint density at radius 2 is 1.48 bits per heavy atom. The van der Waals surface area contributed by atoms with Gasteiger partial charge in [-0.15, -0.1) is 0 Å². The van der Waals surface area contributed by atoms with Crippen molar-refractivity contribution in [3.63, 3.8) is 0 Å². The number of rotatable bonds is 5.